The molecule has 16 nitrogen and oxygen atoms in total. The smallest absolute Gasteiger partial charge is 0.362 e. The van der Waals surface area contributed by atoms with Crippen molar-refractivity contribution in [3.05, 3.63) is 12.2 Å². The molecule has 33 heavy (non-hydrogen) atoms. The van der Waals surface area contributed by atoms with Gasteiger partial charge in [-0.25, -0.2) is 9.59 Å². The van der Waals surface area contributed by atoms with Crippen LogP contribution in [-0.4, -0.2) is 128 Å². The second-order valence-electron chi connectivity index (χ2n) is 6.01. The molecule has 0 aromatic heterocycles. The number of aliphatic carboxylic acids is 2. The largest absolute Gasteiger partial charge is 0.478 e. The molecule has 2 radical (unpaired) electrons. The third kappa shape index (κ3) is 33.3. The van der Waals surface area contributed by atoms with Gasteiger partial charge in [0.2, 0.25) is 0 Å². The first-order valence-corrected chi connectivity index (χ1v) is 13.1. The van der Waals surface area contributed by atoms with Gasteiger partial charge in [-0.15, -0.1) is 0 Å². The summed E-state index contributed by atoms with van der Waals surface area (Å²) < 4.78 is 3.25. The number of aliphatic hydroxyl groups is 12. The first-order valence-electron chi connectivity index (χ1n) is 9.07. The van der Waals surface area contributed by atoms with E-state index in [0.717, 1.165) is 0 Å². The molecule has 198 valence electrons. The number of carboxylic acids is 2. The SMILES string of the molecule is CCC[CH2][Sn][CH2]CCC.O=C(O)/C=C\C(=O)O.OC(O)(O)C(O)(O)O.OC(O)(O)C(O)(O)O. The summed E-state index contributed by atoms with van der Waals surface area (Å²) in [6, 6.07) is 0. The average molecular weight is 601 g/mol. The normalized spacial score (nSPS) is 11.9. The van der Waals surface area contributed by atoms with Crippen molar-refractivity contribution in [3.8, 4) is 0 Å². The van der Waals surface area contributed by atoms with Crippen molar-refractivity contribution in [2.45, 2.75) is 72.3 Å². The zero-order valence-electron chi connectivity index (χ0n) is 18.0. The molecule has 0 aliphatic heterocycles. The molecule has 0 atom stereocenters. The van der Waals surface area contributed by atoms with Crippen LogP contribution in [0.15, 0.2) is 12.2 Å². The summed E-state index contributed by atoms with van der Waals surface area (Å²) in [5, 5.41) is 108. The summed E-state index contributed by atoms with van der Waals surface area (Å²) in [6.45, 7) is 4.58. The van der Waals surface area contributed by atoms with Gasteiger partial charge < -0.3 is 71.5 Å². The van der Waals surface area contributed by atoms with Gasteiger partial charge >= 0.3 is 105 Å². The second kappa shape index (κ2) is 19.3. The summed E-state index contributed by atoms with van der Waals surface area (Å²) >= 11 is 0.149. The van der Waals surface area contributed by atoms with E-state index in [2.05, 4.69) is 13.8 Å². The predicted molar refractivity (Wildman–Crippen MR) is 107 cm³/mol. The Morgan fingerprint density at radius 2 is 0.788 bits per heavy atom. The molecule has 0 aromatic carbocycles. The van der Waals surface area contributed by atoms with Gasteiger partial charge in [0.25, 0.3) is 0 Å². The van der Waals surface area contributed by atoms with E-state index >= 15 is 0 Å². The van der Waals surface area contributed by atoms with Crippen molar-refractivity contribution in [2.75, 3.05) is 0 Å². The van der Waals surface area contributed by atoms with Gasteiger partial charge in [-0.1, -0.05) is 0 Å². The van der Waals surface area contributed by atoms with Crippen LogP contribution in [0.2, 0.25) is 8.87 Å². The Morgan fingerprint density at radius 1 is 0.576 bits per heavy atom. The van der Waals surface area contributed by atoms with E-state index in [0.29, 0.717) is 12.2 Å². The maximum Gasteiger partial charge on any atom is 0.362 e. The maximum absolute atomic E-state index is 9.55. The quantitative estimate of drug-likeness (QED) is 0.0484. The molecule has 0 fully saturated rings. The molecule has 0 bridgehead atoms. The topological polar surface area (TPSA) is 317 Å². The van der Waals surface area contributed by atoms with Crippen molar-refractivity contribution in [2.24, 2.45) is 0 Å². The van der Waals surface area contributed by atoms with Crippen LogP contribution in [0.5, 0.6) is 0 Å². The number of carboxylic acid groups (broad SMARTS) is 2. The van der Waals surface area contributed by atoms with Gasteiger partial charge in [0.15, 0.2) is 0 Å². The minimum absolute atomic E-state index is 0.149. The Hall–Kier alpha value is -1.00. The number of unbranched alkanes of at least 4 members (excludes halogenated alkanes) is 2. The Kier molecular flexibility index (Phi) is 23.0. The molecule has 0 unspecified atom stereocenters. The first-order chi connectivity index (χ1) is 14.5. The third-order valence-electron chi connectivity index (χ3n) is 2.68. The van der Waals surface area contributed by atoms with E-state index in [4.69, 9.17) is 71.5 Å². The molecule has 0 saturated carbocycles. The zero-order valence-corrected chi connectivity index (χ0v) is 20.8. The van der Waals surface area contributed by atoms with Crippen molar-refractivity contribution >= 4 is 33.1 Å². The van der Waals surface area contributed by atoms with Gasteiger partial charge in [-0.05, 0) is 0 Å². The number of rotatable bonds is 10. The van der Waals surface area contributed by atoms with Crippen LogP contribution in [0.1, 0.15) is 39.5 Å². The Labute approximate surface area is 198 Å². The van der Waals surface area contributed by atoms with Crippen LogP contribution in [0, 0.1) is 0 Å². The van der Waals surface area contributed by atoms with E-state index in [1.165, 1.54) is 25.7 Å². The zero-order chi connectivity index (χ0) is 27.5. The molecule has 0 spiro atoms. The van der Waals surface area contributed by atoms with Crippen LogP contribution >= 0.6 is 0 Å². The summed E-state index contributed by atoms with van der Waals surface area (Å²) in [7, 11) is 0. The molecule has 0 heterocycles. The van der Waals surface area contributed by atoms with Crippen LogP contribution in [-0.2, 0) is 9.59 Å². The molecule has 14 N–H and O–H groups in total. The molecule has 0 aliphatic carbocycles. The van der Waals surface area contributed by atoms with Crippen LogP contribution in [0.4, 0.5) is 0 Å². The Morgan fingerprint density at radius 3 is 0.909 bits per heavy atom. The fourth-order valence-corrected chi connectivity index (χ4v) is 5.03. The van der Waals surface area contributed by atoms with Gasteiger partial charge in [0, 0.05) is 12.2 Å². The van der Waals surface area contributed by atoms with Crippen LogP contribution in [0.3, 0.4) is 0 Å². The standard InChI is InChI=1S/C4H4O4.2C4H9.2C2H6O6.Sn/c5-3(6)1-2-4(7)8;2*1-3-4-2;2*3-1(4,5)2(6,7)8;/h1-2H,(H,5,6)(H,7,8);2*1,3-4H2,2H3;2*3-8H;/b2-1-;;;;;. The van der Waals surface area contributed by atoms with E-state index in [9.17, 15) is 9.59 Å². The van der Waals surface area contributed by atoms with E-state index in [1.54, 1.807) is 8.87 Å². The second-order valence-corrected chi connectivity index (χ2v) is 10.3. The number of hydrogen-bond acceptors (Lipinski definition) is 14. The maximum atomic E-state index is 9.55. The minimum Gasteiger partial charge on any atom is -0.478 e. The summed E-state index contributed by atoms with van der Waals surface area (Å²) in [6.07, 6.45) is 6.95. The van der Waals surface area contributed by atoms with E-state index in [1.807, 2.05) is 0 Å². The third-order valence-corrected chi connectivity index (χ3v) is 6.72. The number of hydrogen-bond donors (Lipinski definition) is 14. The molecule has 0 rings (SSSR count). The van der Waals surface area contributed by atoms with E-state index in [-0.39, 0.29) is 21.1 Å². The molecule has 0 aliphatic rings. The van der Waals surface area contributed by atoms with Crippen molar-refractivity contribution in [1.82, 2.24) is 0 Å². The number of carbonyl (C=O) groups is 2. The summed E-state index contributed by atoms with van der Waals surface area (Å²) in [5.41, 5.74) is 0. The molecule has 17 heteroatoms. The average Bonchev–Trinajstić information content (AvgIpc) is 2.58. The van der Waals surface area contributed by atoms with Crippen LogP contribution in [0.25, 0.3) is 0 Å². The van der Waals surface area contributed by atoms with Gasteiger partial charge in [0.05, 0.1) is 0 Å². The minimum atomic E-state index is -3.90. The monoisotopic (exact) mass is 602 g/mol. The summed E-state index contributed by atoms with van der Waals surface area (Å²) in [5.74, 6) is -18.1. The first kappa shape index (κ1) is 39.2. The molecule has 0 saturated heterocycles. The molecular weight excluding hydrogens is 567 g/mol. The molecular formula is C16H34O16Sn. The fourth-order valence-electron chi connectivity index (χ4n) is 0.871. The van der Waals surface area contributed by atoms with Gasteiger partial charge in [-0.3, -0.25) is 0 Å². The Balaban J connectivity index is -0.000000170. The fraction of sp³-hybridized carbons (Fsp3) is 0.750. The van der Waals surface area contributed by atoms with Crippen LogP contribution < -0.4 is 0 Å². The summed E-state index contributed by atoms with van der Waals surface area (Å²) in [4.78, 5) is 19.1. The Bertz CT molecular complexity index is 455. The molecule has 0 amide bonds. The predicted octanol–water partition coefficient (Wildman–Crippen LogP) is -4.67. The van der Waals surface area contributed by atoms with E-state index < -0.39 is 35.8 Å². The van der Waals surface area contributed by atoms with Crippen molar-refractivity contribution in [1.29, 1.82) is 0 Å². The van der Waals surface area contributed by atoms with Crippen molar-refractivity contribution in [3.63, 3.8) is 0 Å². The van der Waals surface area contributed by atoms with Gasteiger partial charge in [-0.2, -0.15) is 0 Å². The molecule has 0 aromatic rings. The van der Waals surface area contributed by atoms with Crippen molar-refractivity contribution < 1.29 is 81.1 Å². The van der Waals surface area contributed by atoms with Gasteiger partial charge in [0.1, 0.15) is 0 Å².